The predicted molar refractivity (Wildman–Crippen MR) is 168 cm³/mol. The number of carbonyl (C=O) groups is 1. The number of carbonyl (C=O) groups excluding carboxylic acids is 1. The third-order valence-electron chi connectivity index (χ3n) is 8.48. The molecule has 1 amide bonds. The number of nitriles is 1. The van der Waals surface area contributed by atoms with Crippen LogP contribution in [-0.2, 0) is 10.3 Å². The number of rotatable bonds is 11. The average Bonchev–Trinajstić information content (AvgIpc) is 3.34. The summed E-state index contributed by atoms with van der Waals surface area (Å²) in [6.45, 7) is 5.17. The number of methoxy groups -OCH3 is 1. The summed E-state index contributed by atoms with van der Waals surface area (Å²) in [5.74, 6) is 0.615. The van der Waals surface area contributed by atoms with Crippen molar-refractivity contribution in [1.82, 2.24) is 24.6 Å². The lowest BCUT2D eigenvalue weighted by Crippen LogP contribution is -2.67. The zero-order valence-electron chi connectivity index (χ0n) is 24.9. The lowest BCUT2D eigenvalue weighted by atomic mass is 9.40. The van der Waals surface area contributed by atoms with Crippen LogP contribution in [0.4, 0.5) is 23.0 Å². The minimum Gasteiger partial charge on any atom is -0.494 e. The highest BCUT2D eigenvalue weighted by atomic mass is 16.5. The number of likely N-dealkylation sites (N-methyl/N-ethyl adjacent to an activating group) is 2. The lowest BCUT2D eigenvalue weighted by Gasteiger charge is -2.66. The van der Waals surface area contributed by atoms with Crippen molar-refractivity contribution in [2.75, 3.05) is 56.9 Å². The average molecular weight is 578 g/mol. The Labute approximate surface area is 250 Å². The zero-order valence-corrected chi connectivity index (χ0v) is 24.9. The number of benzene rings is 2. The molecule has 43 heavy (non-hydrogen) atoms. The molecule has 2 N–H and O–H groups in total. The standard InChI is InChI=1S/C32H35N9O2/c1-6-28(42)35-23-15-24(27(43-5)16-26(23)40(4)14-13-39(2)3)37-30-34-12-11-22(36-30)29-21-9-7-8-10-25(21)41(38-29)32-17-31(18-32,19-32)20-33/h6-12,15-16H,1,13-14,17-19H2,2-5H3,(H,35,42)(H,34,36,37). The van der Waals surface area contributed by atoms with Gasteiger partial charge in [0.05, 0.1) is 52.4 Å². The van der Waals surface area contributed by atoms with E-state index in [0.29, 0.717) is 28.8 Å². The largest absolute Gasteiger partial charge is 0.494 e. The van der Waals surface area contributed by atoms with Crippen molar-refractivity contribution in [1.29, 1.82) is 5.26 Å². The first-order valence-corrected chi connectivity index (χ1v) is 14.2. The van der Waals surface area contributed by atoms with Crippen LogP contribution in [0.1, 0.15) is 19.3 Å². The van der Waals surface area contributed by atoms with Gasteiger partial charge in [0.15, 0.2) is 0 Å². The molecule has 220 valence electrons. The number of hydrogen-bond donors (Lipinski definition) is 2. The van der Waals surface area contributed by atoms with Crippen molar-refractivity contribution in [2.24, 2.45) is 5.41 Å². The molecular formula is C32H35N9O2. The van der Waals surface area contributed by atoms with Crippen molar-refractivity contribution in [2.45, 2.75) is 24.8 Å². The second-order valence-corrected chi connectivity index (χ2v) is 11.8. The number of aromatic nitrogens is 4. The van der Waals surface area contributed by atoms with Gasteiger partial charge < -0.3 is 25.2 Å². The fourth-order valence-corrected chi connectivity index (χ4v) is 6.27. The van der Waals surface area contributed by atoms with Crippen molar-refractivity contribution in [3.63, 3.8) is 0 Å². The Morgan fingerprint density at radius 1 is 1.16 bits per heavy atom. The van der Waals surface area contributed by atoms with Crippen LogP contribution in [0.5, 0.6) is 5.75 Å². The molecule has 2 heterocycles. The van der Waals surface area contributed by atoms with Crippen LogP contribution in [-0.4, -0.2) is 71.9 Å². The molecular weight excluding hydrogens is 542 g/mol. The van der Waals surface area contributed by atoms with Crippen LogP contribution in [0, 0.1) is 16.7 Å². The molecule has 3 saturated carbocycles. The molecule has 11 nitrogen and oxygen atoms in total. The van der Waals surface area contributed by atoms with Gasteiger partial charge >= 0.3 is 0 Å². The Balaban J connectivity index is 1.34. The van der Waals surface area contributed by atoms with Crippen molar-refractivity contribution in [3.05, 3.63) is 61.3 Å². The molecule has 0 spiro atoms. The highest BCUT2D eigenvalue weighted by Gasteiger charge is 2.70. The molecule has 0 radical (unpaired) electrons. The summed E-state index contributed by atoms with van der Waals surface area (Å²) >= 11 is 0. The van der Waals surface area contributed by atoms with Crippen LogP contribution < -0.4 is 20.3 Å². The van der Waals surface area contributed by atoms with Crippen LogP contribution in [0.3, 0.4) is 0 Å². The number of ether oxygens (including phenoxy) is 1. The summed E-state index contributed by atoms with van der Waals surface area (Å²) < 4.78 is 7.85. The van der Waals surface area contributed by atoms with Gasteiger partial charge in [-0.15, -0.1) is 0 Å². The summed E-state index contributed by atoms with van der Waals surface area (Å²) in [4.78, 5) is 25.8. The van der Waals surface area contributed by atoms with Gasteiger partial charge in [0, 0.05) is 37.8 Å². The Bertz CT molecular complexity index is 1750. The SMILES string of the molecule is C=CC(=O)Nc1cc(Nc2nccc(-c3nn(C45CC(C#N)(C4)C5)c4ccccc34)n2)c(OC)cc1N(C)CCN(C)C. The Morgan fingerprint density at radius 2 is 1.93 bits per heavy atom. The summed E-state index contributed by atoms with van der Waals surface area (Å²) in [5, 5.41) is 21.8. The maximum atomic E-state index is 12.3. The van der Waals surface area contributed by atoms with E-state index in [-0.39, 0.29) is 16.9 Å². The highest BCUT2D eigenvalue weighted by Crippen LogP contribution is 2.71. The number of amides is 1. The van der Waals surface area contributed by atoms with Gasteiger partial charge in [0.25, 0.3) is 0 Å². The molecule has 3 aliphatic carbocycles. The molecule has 2 aromatic carbocycles. The Morgan fingerprint density at radius 3 is 2.63 bits per heavy atom. The van der Waals surface area contributed by atoms with Gasteiger partial charge in [-0.3, -0.25) is 9.48 Å². The van der Waals surface area contributed by atoms with Crippen molar-refractivity contribution in [3.8, 4) is 23.2 Å². The second kappa shape index (κ2) is 10.7. The van der Waals surface area contributed by atoms with Crippen LogP contribution in [0.15, 0.2) is 61.3 Å². The van der Waals surface area contributed by atoms with E-state index in [4.69, 9.17) is 14.8 Å². The topological polar surface area (TPSA) is 124 Å². The number of hydrogen-bond acceptors (Lipinski definition) is 9. The predicted octanol–water partition coefficient (Wildman–Crippen LogP) is 4.77. The summed E-state index contributed by atoms with van der Waals surface area (Å²) in [5.41, 5.74) is 4.20. The first kappa shape index (κ1) is 28.2. The molecule has 0 saturated heterocycles. The van der Waals surface area contributed by atoms with Gasteiger partial charge in [-0.2, -0.15) is 10.4 Å². The van der Waals surface area contributed by atoms with E-state index in [9.17, 15) is 10.1 Å². The number of nitrogens with zero attached hydrogens (tertiary/aromatic N) is 7. The molecule has 0 aliphatic heterocycles. The van der Waals surface area contributed by atoms with E-state index in [0.717, 1.165) is 54.6 Å². The summed E-state index contributed by atoms with van der Waals surface area (Å²) in [7, 11) is 7.60. The van der Waals surface area contributed by atoms with Gasteiger partial charge in [0.1, 0.15) is 11.4 Å². The third kappa shape index (κ3) is 4.93. The molecule has 2 bridgehead atoms. The maximum Gasteiger partial charge on any atom is 0.247 e. The third-order valence-corrected chi connectivity index (χ3v) is 8.48. The summed E-state index contributed by atoms with van der Waals surface area (Å²) in [6, 6.07) is 16.2. The van der Waals surface area contributed by atoms with E-state index in [1.54, 1.807) is 13.3 Å². The van der Waals surface area contributed by atoms with Crippen LogP contribution >= 0.6 is 0 Å². The van der Waals surface area contributed by atoms with E-state index >= 15 is 0 Å². The first-order valence-electron chi connectivity index (χ1n) is 14.2. The fourth-order valence-electron chi connectivity index (χ4n) is 6.27. The van der Waals surface area contributed by atoms with Gasteiger partial charge in [-0.05, 0) is 57.6 Å². The molecule has 3 fully saturated rings. The molecule has 7 rings (SSSR count). The second-order valence-electron chi connectivity index (χ2n) is 11.8. The van der Waals surface area contributed by atoms with E-state index < -0.39 is 0 Å². The van der Waals surface area contributed by atoms with E-state index in [1.165, 1.54) is 6.08 Å². The number of para-hydroxylation sites is 1. The monoisotopic (exact) mass is 577 g/mol. The van der Waals surface area contributed by atoms with E-state index in [1.807, 2.05) is 51.5 Å². The number of anilines is 4. The minimum absolute atomic E-state index is 0.0945. The number of nitrogens with one attached hydrogen (secondary N) is 2. The van der Waals surface area contributed by atoms with Crippen LogP contribution in [0.2, 0.25) is 0 Å². The van der Waals surface area contributed by atoms with E-state index in [2.05, 4.69) is 54.9 Å². The highest BCUT2D eigenvalue weighted by molar-refractivity contribution is 6.02. The Hall–Kier alpha value is -4.95. The normalized spacial score (nSPS) is 20.1. The Kier molecular flexibility index (Phi) is 7.02. The van der Waals surface area contributed by atoms with Gasteiger partial charge in [-0.25, -0.2) is 9.97 Å². The zero-order chi connectivity index (χ0) is 30.4. The maximum absolute atomic E-state index is 12.3. The summed E-state index contributed by atoms with van der Waals surface area (Å²) in [6.07, 6.45) is 5.44. The van der Waals surface area contributed by atoms with Crippen LogP contribution in [0.25, 0.3) is 22.3 Å². The molecule has 4 aromatic rings. The first-order chi connectivity index (χ1) is 20.7. The fraction of sp³-hybridized carbons (Fsp3) is 0.344. The molecule has 2 aromatic heterocycles. The van der Waals surface area contributed by atoms with Gasteiger partial charge in [-0.1, -0.05) is 24.8 Å². The van der Waals surface area contributed by atoms with Crippen molar-refractivity contribution >= 4 is 39.8 Å². The number of fused-ring (bicyclic) bond motifs is 1. The minimum atomic E-state index is -0.316. The smallest absolute Gasteiger partial charge is 0.247 e. The molecule has 11 heteroatoms. The lowest BCUT2D eigenvalue weighted by molar-refractivity contribution is -0.150. The van der Waals surface area contributed by atoms with Gasteiger partial charge in [0.2, 0.25) is 11.9 Å². The molecule has 0 atom stereocenters. The quantitative estimate of drug-likeness (QED) is 0.243. The molecule has 3 aliphatic rings. The molecule has 0 unspecified atom stereocenters. The van der Waals surface area contributed by atoms with Crippen molar-refractivity contribution < 1.29 is 9.53 Å².